The molecule has 0 atom stereocenters. The first kappa shape index (κ1) is 20.0. The first-order chi connectivity index (χ1) is 10.9. The maximum Gasteiger partial charge on any atom is 0.303 e. The van der Waals surface area contributed by atoms with Gasteiger partial charge in [0, 0.05) is 6.42 Å². The number of hydrogen-bond donors (Lipinski definition) is 1. The Bertz CT molecular complexity index is 463. The average Bonchev–Trinajstić information content (AvgIpc) is 2.48. The van der Waals surface area contributed by atoms with Crippen molar-refractivity contribution in [3.8, 4) is 0 Å². The minimum atomic E-state index is -1.18. The Hall–Kier alpha value is -1.09. The molecule has 1 N–H and O–H groups in total. The van der Waals surface area contributed by atoms with Crippen molar-refractivity contribution in [2.45, 2.75) is 83.8 Å². The topological polar surface area (TPSA) is 37.3 Å². The zero-order chi connectivity index (χ0) is 17.1. The molecule has 0 heterocycles. The van der Waals surface area contributed by atoms with Crippen LogP contribution in [0.2, 0.25) is 19.6 Å². The van der Waals surface area contributed by atoms with E-state index in [1.165, 1.54) is 50.5 Å². The van der Waals surface area contributed by atoms with Crippen LogP contribution in [0.1, 0.15) is 63.4 Å². The molecule has 1 rings (SSSR count). The molecule has 2 nitrogen and oxygen atoms in total. The second-order valence-electron chi connectivity index (χ2n) is 7.67. The first-order valence-electron chi connectivity index (χ1n) is 9.21. The lowest BCUT2D eigenvalue weighted by Crippen LogP contribution is -2.37. The van der Waals surface area contributed by atoms with Crippen molar-refractivity contribution in [1.29, 1.82) is 0 Å². The zero-order valence-corrected chi connectivity index (χ0v) is 16.2. The molecular weight excluding hydrogens is 300 g/mol. The standard InChI is InChI=1S/C20H34O2Si/c1-23(2,3)19-15-12-14-18(17-19)13-10-8-6-4-5-7-9-11-16-20(21)22/h12,14-15,17H,4-11,13,16H2,1-3H3,(H,21,22). The third kappa shape index (κ3) is 9.60. The summed E-state index contributed by atoms with van der Waals surface area (Å²) in [5, 5.41) is 10.1. The van der Waals surface area contributed by atoms with Crippen LogP contribution >= 0.6 is 0 Å². The molecule has 0 aliphatic heterocycles. The molecule has 0 radical (unpaired) electrons. The molecule has 23 heavy (non-hydrogen) atoms. The van der Waals surface area contributed by atoms with Crippen molar-refractivity contribution in [3.63, 3.8) is 0 Å². The lowest BCUT2D eigenvalue weighted by atomic mass is 10.0. The Morgan fingerprint density at radius 3 is 2.04 bits per heavy atom. The quantitative estimate of drug-likeness (QED) is 0.412. The van der Waals surface area contributed by atoms with Crippen LogP contribution in [0.3, 0.4) is 0 Å². The van der Waals surface area contributed by atoms with E-state index >= 15 is 0 Å². The van der Waals surface area contributed by atoms with E-state index in [9.17, 15) is 4.79 Å². The van der Waals surface area contributed by atoms with Crippen molar-refractivity contribution in [3.05, 3.63) is 29.8 Å². The van der Waals surface area contributed by atoms with Gasteiger partial charge in [-0.15, -0.1) is 0 Å². The first-order valence-corrected chi connectivity index (χ1v) is 12.7. The number of carbonyl (C=O) groups is 1. The van der Waals surface area contributed by atoms with Gasteiger partial charge in [-0.25, -0.2) is 0 Å². The van der Waals surface area contributed by atoms with Crippen LogP contribution < -0.4 is 5.19 Å². The van der Waals surface area contributed by atoms with Crippen LogP contribution in [0.5, 0.6) is 0 Å². The van der Waals surface area contributed by atoms with Crippen molar-refractivity contribution >= 4 is 19.2 Å². The molecule has 0 aliphatic rings. The monoisotopic (exact) mass is 334 g/mol. The summed E-state index contributed by atoms with van der Waals surface area (Å²) >= 11 is 0. The summed E-state index contributed by atoms with van der Waals surface area (Å²) in [6, 6.07) is 9.21. The molecule has 0 unspecified atom stereocenters. The largest absolute Gasteiger partial charge is 0.481 e. The fourth-order valence-electron chi connectivity index (χ4n) is 2.86. The lowest BCUT2D eigenvalue weighted by molar-refractivity contribution is -0.137. The predicted molar refractivity (Wildman–Crippen MR) is 102 cm³/mol. The number of aliphatic carboxylic acids is 1. The number of unbranched alkanes of at least 4 members (excludes halogenated alkanes) is 7. The molecule has 0 aromatic heterocycles. The van der Waals surface area contributed by atoms with Gasteiger partial charge in [0.25, 0.3) is 0 Å². The molecule has 0 saturated heterocycles. The van der Waals surface area contributed by atoms with Gasteiger partial charge in [-0.2, -0.15) is 0 Å². The van der Waals surface area contributed by atoms with Gasteiger partial charge >= 0.3 is 5.97 Å². The van der Waals surface area contributed by atoms with Gasteiger partial charge in [0.1, 0.15) is 0 Å². The maximum atomic E-state index is 10.4. The highest BCUT2D eigenvalue weighted by Crippen LogP contribution is 2.12. The van der Waals surface area contributed by atoms with Crippen molar-refractivity contribution in [1.82, 2.24) is 0 Å². The molecule has 0 bridgehead atoms. The van der Waals surface area contributed by atoms with Crippen LogP contribution in [0.4, 0.5) is 0 Å². The fourth-order valence-corrected chi connectivity index (χ4v) is 4.07. The number of rotatable bonds is 12. The van der Waals surface area contributed by atoms with Crippen LogP contribution in [0.25, 0.3) is 0 Å². The van der Waals surface area contributed by atoms with E-state index in [1.807, 2.05) is 0 Å². The highest BCUT2D eigenvalue weighted by Gasteiger charge is 2.15. The van der Waals surface area contributed by atoms with Crippen LogP contribution in [0, 0.1) is 0 Å². The van der Waals surface area contributed by atoms with Crippen LogP contribution in [0.15, 0.2) is 24.3 Å². The molecule has 0 saturated carbocycles. The highest BCUT2D eigenvalue weighted by atomic mass is 28.3. The summed E-state index contributed by atoms with van der Waals surface area (Å²) in [7, 11) is -1.18. The summed E-state index contributed by atoms with van der Waals surface area (Å²) in [6.07, 6.45) is 11.1. The van der Waals surface area contributed by atoms with Crippen LogP contribution in [-0.4, -0.2) is 19.1 Å². The Labute approximate surface area is 143 Å². The number of carboxylic acid groups (broad SMARTS) is 1. The Morgan fingerprint density at radius 1 is 0.913 bits per heavy atom. The zero-order valence-electron chi connectivity index (χ0n) is 15.2. The van der Waals surface area contributed by atoms with E-state index in [4.69, 9.17) is 5.11 Å². The molecule has 1 aromatic rings. The number of carboxylic acids is 1. The average molecular weight is 335 g/mol. The normalized spacial score (nSPS) is 11.6. The minimum Gasteiger partial charge on any atom is -0.481 e. The van der Waals surface area contributed by atoms with E-state index in [0.29, 0.717) is 6.42 Å². The van der Waals surface area contributed by atoms with Gasteiger partial charge in [0.2, 0.25) is 0 Å². The Kier molecular flexibility index (Phi) is 9.23. The van der Waals surface area contributed by atoms with Gasteiger partial charge in [-0.3, -0.25) is 4.79 Å². The third-order valence-corrected chi connectivity index (χ3v) is 6.44. The van der Waals surface area contributed by atoms with Crippen molar-refractivity contribution in [2.75, 3.05) is 0 Å². The fraction of sp³-hybridized carbons (Fsp3) is 0.650. The highest BCUT2D eigenvalue weighted by molar-refractivity contribution is 6.88. The van der Waals surface area contributed by atoms with Gasteiger partial charge in [-0.1, -0.05) is 87.6 Å². The van der Waals surface area contributed by atoms with Gasteiger partial charge in [0.05, 0.1) is 8.07 Å². The SMILES string of the molecule is C[Si](C)(C)c1cccc(CCCCCCCCCCC(=O)O)c1. The number of hydrogen-bond acceptors (Lipinski definition) is 1. The van der Waals surface area contributed by atoms with E-state index in [1.54, 1.807) is 5.19 Å². The van der Waals surface area contributed by atoms with Crippen molar-refractivity contribution in [2.24, 2.45) is 0 Å². The molecule has 3 heteroatoms. The molecule has 0 fully saturated rings. The van der Waals surface area contributed by atoms with Gasteiger partial charge < -0.3 is 5.11 Å². The number of aryl methyl sites for hydroxylation is 1. The maximum absolute atomic E-state index is 10.4. The second kappa shape index (κ2) is 10.6. The van der Waals surface area contributed by atoms with E-state index < -0.39 is 14.0 Å². The summed E-state index contributed by atoms with van der Waals surface area (Å²) in [5.41, 5.74) is 1.50. The summed E-state index contributed by atoms with van der Waals surface area (Å²) < 4.78 is 0. The number of benzene rings is 1. The minimum absolute atomic E-state index is 0.330. The van der Waals surface area contributed by atoms with Gasteiger partial charge in [-0.05, 0) is 24.8 Å². The summed E-state index contributed by atoms with van der Waals surface area (Å²) in [4.78, 5) is 10.4. The van der Waals surface area contributed by atoms with E-state index in [-0.39, 0.29) is 0 Å². The van der Waals surface area contributed by atoms with E-state index in [2.05, 4.69) is 43.9 Å². The second-order valence-corrected chi connectivity index (χ2v) is 12.7. The Morgan fingerprint density at radius 2 is 1.48 bits per heavy atom. The molecule has 0 aliphatic carbocycles. The third-order valence-electron chi connectivity index (χ3n) is 4.40. The predicted octanol–water partition coefficient (Wildman–Crippen LogP) is 5.37. The van der Waals surface area contributed by atoms with Crippen LogP contribution in [-0.2, 0) is 11.2 Å². The molecule has 130 valence electrons. The molecule has 0 amide bonds. The summed E-state index contributed by atoms with van der Waals surface area (Å²) in [6.45, 7) is 7.22. The Balaban J connectivity index is 2.06. The molecular formula is C20H34O2Si. The smallest absolute Gasteiger partial charge is 0.303 e. The van der Waals surface area contributed by atoms with Gasteiger partial charge in [0.15, 0.2) is 0 Å². The van der Waals surface area contributed by atoms with E-state index in [0.717, 1.165) is 12.8 Å². The van der Waals surface area contributed by atoms with Crippen molar-refractivity contribution < 1.29 is 9.90 Å². The molecule has 0 spiro atoms. The summed E-state index contributed by atoms with van der Waals surface area (Å²) in [5.74, 6) is -0.664. The lowest BCUT2D eigenvalue weighted by Gasteiger charge is -2.17. The molecule has 1 aromatic carbocycles.